The molecule has 0 bridgehead atoms. The Balaban J connectivity index is 1.56. The largest absolute Gasteiger partial charge is 0.484 e. The van der Waals surface area contributed by atoms with E-state index < -0.39 is 5.82 Å². The Kier molecular flexibility index (Phi) is 4.27. The van der Waals surface area contributed by atoms with Gasteiger partial charge in [0.2, 0.25) is 0 Å². The minimum Gasteiger partial charge on any atom is -0.484 e. The molecule has 3 heterocycles. The zero-order chi connectivity index (χ0) is 19.0. The zero-order valence-electron chi connectivity index (χ0n) is 14.9. The number of hydrogen-bond acceptors (Lipinski definition) is 5. The lowest BCUT2D eigenvalue weighted by molar-refractivity contribution is 0.0995. The molecule has 1 aliphatic heterocycles. The molecule has 3 aromatic rings. The number of rotatable bonds is 4. The molecule has 6 nitrogen and oxygen atoms in total. The minimum absolute atomic E-state index is 0.0290. The van der Waals surface area contributed by atoms with Gasteiger partial charge in [-0.2, -0.15) is 0 Å². The lowest BCUT2D eigenvalue weighted by Crippen LogP contribution is -2.24. The maximum Gasteiger partial charge on any atom is 0.260 e. The average Bonchev–Trinajstić information content (AvgIpc) is 2.97. The molecular weight excluding hydrogens is 347 g/mol. The number of aromatic nitrogens is 3. The molecule has 0 radical (unpaired) electrons. The number of nitrogens with zero attached hydrogens (tertiary/aromatic N) is 4. The number of aryl methyl sites for hydroxylation is 2. The van der Waals surface area contributed by atoms with Crippen LogP contribution in [0.2, 0.25) is 0 Å². The number of fused-ring (bicyclic) bond motifs is 1. The quantitative estimate of drug-likeness (QED) is 0.710. The molecule has 0 spiro atoms. The topological polar surface area (TPSA) is 68.2 Å². The van der Waals surface area contributed by atoms with Gasteiger partial charge in [-0.05, 0) is 43.2 Å². The molecule has 0 aliphatic carbocycles. The van der Waals surface area contributed by atoms with Crippen LogP contribution in [0.25, 0.3) is 0 Å². The van der Waals surface area contributed by atoms with Crippen LogP contribution >= 0.6 is 0 Å². The maximum atomic E-state index is 14.4. The summed E-state index contributed by atoms with van der Waals surface area (Å²) in [5.74, 6) is -0.290. The molecule has 0 N–H and O–H groups in total. The standard InChI is InChI=1S/C20H17FN4O2/c1-12-3-4-15(23-7-12)11-27-18-6-16-14(5-17(18)21)10-25(20(16)26)19-9-22-13(2)8-24-19/h3-9H,10-11H2,1-2H3. The molecule has 0 fully saturated rings. The van der Waals surface area contributed by atoms with E-state index in [1.807, 2.05) is 26.0 Å². The summed E-state index contributed by atoms with van der Waals surface area (Å²) < 4.78 is 20.0. The van der Waals surface area contributed by atoms with Crippen LogP contribution in [0.3, 0.4) is 0 Å². The number of halogens is 1. The molecule has 27 heavy (non-hydrogen) atoms. The van der Waals surface area contributed by atoms with Crippen molar-refractivity contribution in [3.05, 3.63) is 76.8 Å². The predicted octanol–water partition coefficient (Wildman–Crippen LogP) is 3.37. The van der Waals surface area contributed by atoms with E-state index >= 15 is 0 Å². The molecule has 0 saturated carbocycles. The molecular formula is C20H17FN4O2. The summed E-state index contributed by atoms with van der Waals surface area (Å²) >= 11 is 0. The van der Waals surface area contributed by atoms with E-state index in [1.54, 1.807) is 12.4 Å². The Bertz CT molecular complexity index is 1000. The van der Waals surface area contributed by atoms with Crippen LogP contribution in [0.5, 0.6) is 5.75 Å². The minimum atomic E-state index is -0.509. The lowest BCUT2D eigenvalue weighted by Gasteiger charge is -2.13. The van der Waals surface area contributed by atoms with Crippen molar-refractivity contribution < 1.29 is 13.9 Å². The Morgan fingerprint density at radius 2 is 1.96 bits per heavy atom. The number of carbonyl (C=O) groups excluding carboxylic acids is 1. The van der Waals surface area contributed by atoms with Crippen molar-refractivity contribution >= 4 is 11.7 Å². The number of benzene rings is 1. The van der Waals surface area contributed by atoms with Gasteiger partial charge in [0.25, 0.3) is 5.91 Å². The van der Waals surface area contributed by atoms with Gasteiger partial charge in [-0.3, -0.25) is 19.7 Å². The highest BCUT2D eigenvalue weighted by molar-refractivity contribution is 6.09. The third-order valence-electron chi connectivity index (χ3n) is 4.35. The maximum absolute atomic E-state index is 14.4. The number of hydrogen-bond donors (Lipinski definition) is 0. The van der Waals surface area contributed by atoms with Gasteiger partial charge in [0.1, 0.15) is 6.61 Å². The third-order valence-corrected chi connectivity index (χ3v) is 4.35. The van der Waals surface area contributed by atoms with E-state index in [4.69, 9.17) is 4.74 Å². The van der Waals surface area contributed by atoms with Crippen LogP contribution in [0.1, 0.15) is 32.9 Å². The van der Waals surface area contributed by atoms with Crippen molar-refractivity contribution in [1.82, 2.24) is 15.0 Å². The van der Waals surface area contributed by atoms with Gasteiger partial charge in [-0.1, -0.05) is 6.07 Å². The summed E-state index contributed by atoms with van der Waals surface area (Å²) in [4.78, 5) is 26.8. The van der Waals surface area contributed by atoms with Gasteiger partial charge >= 0.3 is 0 Å². The summed E-state index contributed by atoms with van der Waals surface area (Å²) in [6.07, 6.45) is 4.85. The van der Waals surface area contributed by atoms with Crippen molar-refractivity contribution in [3.8, 4) is 5.75 Å². The van der Waals surface area contributed by atoms with E-state index in [-0.39, 0.29) is 24.8 Å². The normalized spacial score (nSPS) is 13.0. The zero-order valence-corrected chi connectivity index (χ0v) is 14.9. The predicted molar refractivity (Wildman–Crippen MR) is 97.0 cm³/mol. The number of amides is 1. The van der Waals surface area contributed by atoms with Crippen molar-refractivity contribution in [3.63, 3.8) is 0 Å². The Hall–Kier alpha value is -3.35. The summed E-state index contributed by atoms with van der Waals surface area (Å²) in [6.45, 7) is 4.13. The van der Waals surface area contributed by atoms with Gasteiger partial charge < -0.3 is 4.74 Å². The highest BCUT2D eigenvalue weighted by atomic mass is 19.1. The van der Waals surface area contributed by atoms with Crippen molar-refractivity contribution in [1.29, 1.82) is 0 Å². The number of pyridine rings is 1. The van der Waals surface area contributed by atoms with Gasteiger partial charge in [0.15, 0.2) is 17.4 Å². The monoisotopic (exact) mass is 364 g/mol. The first-order chi connectivity index (χ1) is 13.0. The molecule has 0 unspecified atom stereocenters. The Morgan fingerprint density at radius 3 is 2.67 bits per heavy atom. The molecule has 1 amide bonds. The summed E-state index contributed by atoms with van der Waals surface area (Å²) in [5.41, 5.74) is 3.48. The average molecular weight is 364 g/mol. The molecule has 1 aromatic carbocycles. The second-order valence-corrected chi connectivity index (χ2v) is 6.46. The first-order valence-electron chi connectivity index (χ1n) is 8.48. The number of carbonyl (C=O) groups is 1. The summed E-state index contributed by atoms with van der Waals surface area (Å²) in [6, 6.07) is 6.52. The first-order valence-corrected chi connectivity index (χ1v) is 8.48. The van der Waals surface area contributed by atoms with Crippen molar-refractivity contribution in [2.24, 2.45) is 0 Å². The fourth-order valence-electron chi connectivity index (χ4n) is 2.87. The molecule has 0 saturated heterocycles. The first kappa shape index (κ1) is 17.1. The molecule has 2 aromatic heterocycles. The van der Waals surface area contributed by atoms with Crippen LogP contribution in [0.4, 0.5) is 10.2 Å². The summed E-state index contributed by atoms with van der Waals surface area (Å²) in [7, 11) is 0. The second-order valence-electron chi connectivity index (χ2n) is 6.46. The van der Waals surface area contributed by atoms with Crippen LogP contribution in [-0.4, -0.2) is 20.9 Å². The van der Waals surface area contributed by atoms with E-state index in [2.05, 4.69) is 15.0 Å². The molecule has 136 valence electrons. The Morgan fingerprint density at radius 1 is 1.11 bits per heavy atom. The van der Waals surface area contributed by atoms with Gasteiger partial charge in [-0.15, -0.1) is 0 Å². The number of ether oxygens (including phenoxy) is 1. The number of anilines is 1. The molecule has 0 atom stereocenters. The second kappa shape index (κ2) is 6.75. The molecule has 1 aliphatic rings. The van der Waals surface area contributed by atoms with Gasteiger partial charge in [0.05, 0.1) is 30.3 Å². The van der Waals surface area contributed by atoms with Crippen molar-refractivity contribution in [2.75, 3.05) is 4.90 Å². The van der Waals surface area contributed by atoms with Crippen LogP contribution in [-0.2, 0) is 13.2 Å². The van der Waals surface area contributed by atoms with Gasteiger partial charge in [-0.25, -0.2) is 9.37 Å². The SMILES string of the molecule is Cc1ccc(COc2cc3c(cc2F)CN(c2cnc(C)cn2)C3=O)nc1. The van der Waals surface area contributed by atoms with Gasteiger partial charge in [0, 0.05) is 11.8 Å². The highest BCUT2D eigenvalue weighted by Gasteiger charge is 2.31. The van der Waals surface area contributed by atoms with Crippen LogP contribution < -0.4 is 9.64 Å². The van der Waals surface area contributed by atoms with E-state index in [1.165, 1.54) is 23.2 Å². The smallest absolute Gasteiger partial charge is 0.260 e. The van der Waals surface area contributed by atoms with Crippen LogP contribution in [0.15, 0.2) is 42.9 Å². The molecule has 7 heteroatoms. The highest BCUT2D eigenvalue weighted by Crippen LogP contribution is 2.31. The van der Waals surface area contributed by atoms with E-state index in [9.17, 15) is 9.18 Å². The van der Waals surface area contributed by atoms with Crippen LogP contribution in [0, 0.1) is 19.7 Å². The molecule has 4 rings (SSSR count). The Labute approximate surface area is 155 Å². The van der Waals surface area contributed by atoms with E-state index in [0.717, 1.165) is 11.3 Å². The summed E-state index contributed by atoms with van der Waals surface area (Å²) in [5, 5.41) is 0. The van der Waals surface area contributed by atoms with E-state index in [0.29, 0.717) is 22.6 Å². The fraction of sp³-hybridized carbons (Fsp3) is 0.200. The van der Waals surface area contributed by atoms with Crippen molar-refractivity contribution in [2.45, 2.75) is 27.0 Å². The third kappa shape index (κ3) is 3.36. The lowest BCUT2D eigenvalue weighted by atomic mass is 10.1. The fourth-order valence-corrected chi connectivity index (χ4v) is 2.87.